The van der Waals surface area contributed by atoms with Crippen LogP contribution in [-0.2, 0) is 0 Å². The Hall–Kier alpha value is -3.71. The maximum absolute atomic E-state index is 13.3. The normalized spacial score (nSPS) is 10.8. The van der Waals surface area contributed by atoms with Gasteiger partial charge in [-0.1, -0.05) is 11.6 Å². The maximum atomic E-state index is 13.3. The Morgan fingerprint density at radius 2 is 1.84 bits per heavy atom. The quantitative estimate of drug-likeness (QED) is 0.500. The van der Waals surface area contributed by atoms with E-state index in [-0.39, 0.29) is 11.1 Å². The minimum absolute atomic E-state index is 0.265. The molecule has 3 aromatic carbocycles. The smallest absolute Gasteiger partial charge is 0.266 e. The van der Waals surface area contributed by atoms with Crippen LogP contribution in [0.15, 0.2) is 65.5 Å². The standard InChI is InChI=1S/C23H17ClFN3O3/c1-13-26-20-9-6-16(27-22(29)19-11-14(24)3-10-21(19)31-2)12-18(20)23(30)28(13)17-7-4-15(25)5-8-17/h3-12H,1-2H3,(H,27,29). The van der Waals surface area contributed by atoms with Gasteiger partial charge in [-0.25, -0.2) is 9.37 Å². The second kappa shape index (κ2) is 8.20. The average Bonchev–Trinajstić information content (AvgIpc) is 2.75. The first kappa shape index (κ1) is 20.6. The molecule has 4 aromatic rings. The number of methoxy groups -OCH3 is 1. The van der Waals surface area contributed by atoms with Crippen molar-refractivity contribution in [3.8, 4) is 11.4 Å². The third kappa shape index (κ3) is 4.00. The fourth-order valence-corrected chi connectivity index (χ4v) is 3.50. The van der Waals surface area contributed by atoms with Crippen molar-refractivity contribution in [2.24, 2.45) is 0 Å². The van der Waals surface area contributed by atoms with Crippen LogP contribution in [0.4, 0.5) is 10.1 Å². The minimum atomic E-state index is -0.433. The molecule has 0 aliphatic heterocycles. The van der Waals surface area contributed by atoms with Crippen molar-refractivity contribution in [1.82, 2.24) is 9.55 Å². The van der Waals surface area contributed by atoms with E-state index in [1.807, 2.05) is 0 Å². The highest BCUT2D eigenvalue weighted by atomic mass is 35.5. The van der Waals surface area contributed by atoms with Crippen LogP contribution in [0.3, 0.4) is 0 Å². The number of hydrogen-bond acceptors (Lipinski definition) is 4. The van der Waals surface area contributed by atoms with Gasteiger partial charge >= 0.3 is 0 Å². The van der Waals surface area contributed by atoms with Crippen LogP contribution in [0.5, 0.6) is 5.75 Å². The topological polar surface area (TPSA) is 73.2 Å². The average molecular weight is 438 g/mol. The summed E-state index contributed by atoms with van der Waals surface area (Å²) < 4.78 is 19.9. The lowest BCUT2D eigenvalue weighted by molar-refractivity contribution is 0.102. The summed E-state index contributed by atoms with van der Waals surface area (Å²) in [6.45, 7) is 1.70. The van der Waals surface area contributed by atoms with Crippen molar-refractivity contribution in [1.29, 1.82) is 0 Å². The molecule has 6 nitrogen and oxygen atoms in total. The van der Waals surface area contributed by atoms with Crippen molar-refractivity contribution < 1.29 is 13.9 Å². The Morgan fingerprint density at radius 1 is 1.10 bits per heavy atom. The van der Waals surface area contributed by atoms with E-state index in [0.29, 0.717) is 38.9 Å². The number of fused-ring (bicyclic) bond motifs is 1. The van der Waals surface area contributed by atoms with Gasteiger partial charge in [-0.05, 0) is 67.6 Å². The highest BCUT2D eigenvalue weighted by Gasteiger charge is 2.15. The Balaban J connectivity index is 1.76. The fraction of sp³-hybridized carbons (Fsp3) is 0.0870. The molecule has 0 saturated carbocycles. The van der Waals surface area contributed by atoms with Gasteiger partial charge in [0.05, 0.1) is 29.3 Å². The summed E-state index contributed by atoms with van der Waals surface area (Å²) >= 11 is 6.01. The predicted octanol–water partition coefficient (Wildman–Crippen LogP) is 4.75. The lowest BCUT2D eigenvalue weighted by atomic mass is 10.1. The number of hydrogen-bond donors (Lipinski definition) is 1. The molecular weight excluding hydrogens is 421 g/mol. The number of benzene rings is 3. The van der Waals surface area contributed by atoms with Crippen LogP contribution in [0.1, 0.15) is 16.2 Å². The summed E-state index contributed by atoms with van der Waals surface area (Å²) in [6.07, 6.45) is 0. The van der Waals surface area contributed by atoms with Gasteiger partial charge in [0.25, 0.3) is 11.5 Å². The van der Waals surface area contributed by atoms with E-state index in [1.54, 1.807) is 37.3 Å². The van der Waals surface area contributed by atoms with Crippen molar-refractivity contribution >= 4 is 34.1 Å². The molecule has 156 valence electrons. The number of ether oxygens (including phenoxy) is 1. The molecule has 31 heavy (non-hydrogen) atoms. The number of rotatable bonds is 4. The summed E-state index contributed by atoms with van der Waals surface area (Å²) in [6, 6.07) is 15.2. The number of aryl methyl sites for hydroxylation is 1. The van der Waals surface area contributed by atoms with Crippen LogP contribution in [0.25, 0.3) is 16.6 Å². The highest BCUT2D eigenvalue weighted by Crippen LogP contribution is 2.24. The molecule has 4 rings (SSSR count). The molecule has 8 heteroatoms. The third-order valence-electron chi connectivity index (χ3n) is 4.78. The molecule has 0 bridgehead atoms. The molecule has 1 amide bonds. The zero-order valence-electron chi connectivity index (χ0n) is 16.6. The lowest BCUT2D eigenvalue weighted by Gasteiger charge is -2.13. The van der Waals surface area contributed by atoms with Crippen LogP contribution in [-0.4, -0.2) is 22.6 Å². The molecule has 0 radical (unpaired) electrons. The van der Waals surface area contributed by atoms with E-state index in [0.717, 1.165) is 0 Å². The maximum Gasteiger partial charge on any atom is 0.266 e. The van der Waals surface area contributed by atoms with Gasteiger partial charge in [0.15, 0.2) is 0 Å². The lowest BCUT2D eigenvalue weighted by Crippen LogP contribution is -2.22. The van der Waals surface area contributed by atoms with Gasteiger partial charge in [-0.15, -0.1) is 0 Å². The number of carbonyl (C=O) groups is 1. The SMILES string of the molecule is COc1ccc(Cl)cc1C(=O)Nc1ccc2nc(C)n(-c3ccc(F)cc3)c(=O)c2c1. The zero-order chi connectivity index (χ0) is 22.1. The Kier molecular flexibility index (Phi) is 5.44. The number of nitrogens with zero attached hydrogens (tertiary/aromatic N) is 2. The van der Waals surface area contributed by atoms with E-state index in [1.165, 1.54) is 42.0 Å². The van der Waals surface area contributed by atoms with E-state index < -0.39 is 11.7 Å². The minimum Gasteiger partial charge on any atom is -0.496 e. The first-order chi connectivity index (χ1) is 14.9. The summed E-state index contributed by atoms with van der Waals surface area (Å²) in [5.74, 6) is 0.00507. The largest absolute Gasteiger partial charge is 0.496 e. The number of aromatic nitrogens is 2. The molecule has 1 heterocycles. The van der Waals surface area contributed by atoms with Crippen molar-refractivity contribution in [2.75, 3.05) is 12.4 Å². The molecule has 0 atom stereocenters. The fourth-order valence-electron chi connectivity index (χ4n) is 3.32. The van der Waals surface area contributed by atoms with Gasteiger partial charge in [0.2, 0.25) is 0 Å². The van der Waals surface area contributed by atoms with Gasteiger partial charge in [0.1, 0.15) is 17.4 Å². The summed E-state index contributed by atoms with van der Waals surface area (Å²) in [7, 11) is 1.46. The molecule has 0 unspecified atom stereocenters. The van der Waals surface area contributed by atoms with Crippen LogP contribution >= 0.6 is 11.6 Å². The monoisotopic (exact) mass is 437 g/mol. The molecule has 0 aliphatic rings. The first-order valence-electron chi connectivity index (χ1n) is 9.31. The Bertz CT molecular complexity index is 1370. The Labute approximate surface area is 181 Å². The van der Waals surface area contributed by atoms with Crippen molar-refractivity contribution in [2.45, 2.75) is 6.92 Å². The highest BCUT2D eigenvalue weighted by molar-refractivity contribution is 6.31. The number of halogens is 2. The summed E-state index contributed by atoms with van der Waals surface area (Å²) in [5.41, 5.74) is 1.33. The number of anilines is 1. The van der Waals surface area contributed by atoms with E-state index in [2.05, 4.69) is 10.3 Å². The molecule has 0 saturated heterocycles. The second-order valence-corrected chi connectivity index (χ2v) is 7.24. The van der Waals surface area contributed by atoms with Crippen molar-refractivity contribution in [3.05, 3.63) is 93.2 Å². The molecule has 1 aromatic heterocycles. The van der Waals surface area contributed by atoms with E-state index in [9.17, 15) is 14.0 Å². The Morgan fingerprint density at radius 3 is 2.55 bits per heavy atom. The summed E-state index contributed by atoms with van der Waals surface area (Å²) in [4.78, 5) is 30.4. The molecule has 0 fully saturated rings. The van der Waals surface area contributed by atoms with Crippen LogP contribution < -0.4 is 15.6 Å². The van der Waals surface area contributed by atoms with Crippen molar-refractivity contribution in [3.63, 3.8) is 0 Å². The van der Waals surface area contributed by atoms with Gasteiger partial charge in [0, 0.05) is 10.7 Å². The molecular formula is C23H17ClFN3O3. The summed E-state index contributed by atoms with van der Waals surface area (Å²) in [5, 5.41) is 3.46. The molecule has 0 spiro atoms. The number of amides is 1. The van der Waals surface area contributed by atoms with Crippen LogP contribution in [0.2, 0.25) is 5.02 Å². The predicted molar refractivity (Wildman–Crippen MR) is 118 cm³/mol. The van der Waals surface area contributed by atoms with Gasteiger partial charge < -0.3 is 10.1 Å². The number of nitrogens with one attached hydrogen (secondary N) is 1. The second-order valence-electron chi connectivity index (χ2n) is 6.81. The molecule has 1 N–H and O–H groups in total. The third-order valence-corrected chi connectivity index (χ3v) is 5.02. The van der Waals surface area contributed by atoms with Gasteiger partial charge in [-0.3, -0.25) is 14.2 Å². The zero-order valence-corrected chi connectivity index (χ0v) is 17.4. The van der Waals surface area contributed by atoms with Gasteiger partial charge in [-0.2, -0.15) is 0 Å². The first-order valence-corrected chi connectivity index (χ1v) is 9.69. The van der Waals surface area contributed by atoms with E-state index >= 15 is 0 Å². The number of carbonyl (C=O) groups excluding carboxylic acids is 1. The molecule has 0 aliphatic carbocycles. The van der Waals surface area contributed by atoms with E-state index in [4.69, 9.17) is 16.3 Å². The van der Waals surface area contributed by atoms with Crippen LogP contribution in [0, 0.1) is 12.7 Å².